The maximum atomic E-state index is 11.6. The van der Waals surface area contributed by atoms with Gasteiger partial charge in [-0.25, -0.2) is 4.79 Å². The number of likely N-dealkylation sites (tertiary alicyclic amines) is 1. The van der Waals surface area contributed by atoms with Crippen LogP contribution in [0.15, 0.2) is 0 Å². The Labute approximate surface area is 106 Å². The minimum Gasteiger partial charge on any atom is -0.479 e. The molecule has 0 aromatic rings. The second kappa shape index (κ2) is 6.15. The van der Waals surface area contributed by atoms with E-state index in [1.807, 2.05) is 0 Å². The molecule has 6 nitrogen and oxygen atoms in total. The lowest BCUT2D eigenvalue weighted by Gasteiger charge is -2.33. The molecule has 102 valence electrons. The van der Waals surface area contributed by atoms with Crippen LogP contribution in [0, 0.1) is 0 Å². The number of carboxylic acid groups (broad SMARTS) is 1. The van der Waals surface area contributed by atoms with Crippen molar-refractivity contribution in [1.82, 2.24) is 9.80 Å². The molecule has 0 aromatic heterocycles. The zero-order valence-electron chi connectivity index (χ0n) is 10.5. The summed E-state index contributed by atoms with van der Waals surface area (Å²) in [4.78, 5) is 26.4. The van der Waals surface area contributed by atoms with Crippen molar-refractivity contribution in [2.75, 3.05) is 39.3 Å². The molecule has 0 radical (unpaired) electrons. The number of nitrogens with zero attached hydrogens (tertiary/aromatic N) is 2. The maximum absolute atomic E-state index is 11.6. The molecule has 18 heavy (non-hydrogen) atoms. The van der Waals surface area contributed by atoms with E-state index in [1.165, 1.54) is 19.3 Å². The third kappa shape index (κ3) is 3.43. The zero-order valence-corrected chi connectivity index (χ0v) is 10.5. The van der Waals surface area contributed by atoms with Crippen LogP contribution in [0.4, 0.5) is 0 Å². The Kier molecular flexibility index (Phi) is 4.54. The quantitative estimate of drug-likeness (QED) is 0.753. The Bertz CT molecular complexity index is 315. The number of hydrogen-bond donors (Lipinski definition) is 1. The average Bonchev–Trinajstić information content (AvgIpc) is 2.38. The van der Waals surface area contributed by atoms with E-state index in [2.05, 4.69) is 4.90 Å². The van der Waals surface area contributed by atoms with Gasteiger partial charge in [0, 0.05) is 13.1 Å². The van der Waals surface area contributed by atoms with Gasteiger partial charge in [0.05, 0.1) is 6.54 Å². The Balaban J connectivity index is 1.79. The normalized spacial score (nSPS) is 26.3. The lowest BCUT2D eigenvalue weighted by atomic mass is 10.1. The van der Waals surface area contributed by atoms with E-state index in [0.717, 1.165) is 19.6 Å². The summed E-state index contributed by atoms with van der Waals surface area (Å²) in [6, 6.07) is 0. The number of carboxylic acids is 1. The minimum atomic E-state index is -0.995. The summed E-state index contributed by atoms with van der Waals surface area (Å²) in [7, 11) is 0. The van der Waals surface area contributed by atoms with Gasteiger partial charge in [-0.15, -0.1) is 0 Å². The second-order valence-electron chi connectivity index (χ2n) is 4.88. The van der Waals surface area contributed by atoms with Crippen molar-refractivity contribution in [2.45, 2.75) is 25.4 Å². The van der Waals surface area contributed by atoms with Crippen LogP contribution in [-0.2, 0) is 14.3 Å². The maximum Gasteiger partial charge on any atom is 0.334 e. The molecule has 2 rings (SSSR count). The van der Waals surface area contributed by atoms with Crippen LogP contribution in [0.1, 0.15) is 19.3 Å². The molecule has 0 aliphatic carbocycles. The van der Waals surface area contributed by atoms with E-state index in [4.69, 9.17) is 9.84 Å². The number of carbonyl (C=O) groups excluding carboxylic acids is 1. The minimum absolute atomic E-state index is 0.107. The van der Waals surface area contributed by atoms with Crippen molar-refractivity contribution >= 4 is 11.9 Å². The van der Waals surface area contributed by atoms with Crippen LogP contribution < -0.4 is 0 Å². The van der Waals surface area contributed by atoms with Crippen molar-refractivity contribution in [2.24, 2.45) is 0 Å². The number of piperidine rings is 1. The van der Waals surface area contributed by atoms with Crippen molar-refractivity contribution in [3.05, 3.63) is 0 Å². The molecule has 2 saturated heterocycles. The number of carbonyl (C=O) groups is 2. The SMILES string of the molecule is O=C(O)C1CN(CCN2CCCCC2)C(=O)CO1. The van der Waals surface area contributed by atoms with Gasteiger partial charge in [0.25, 0.3) is 0 Å². The molecule has 0 spiro atoms. The molecule has 0 aromatic carbocycles. The van der Waals surface area contributed by atoms with Gasteiger partial charge in [0.2, 0.25) is 5.91 Å². The first kappa shape index (κ1) is 13.3. The van der Waals surface area contributed by atoms with Gasteiger partial charge in [0.1, 0.15) is 6.61 Å². The van der Waals surface area contributed by atoms with Gasteiger partial charge in [-0.05, 0) is 25.9 Å². The Morgan fingerprint density at radius 2 is 2.00 bits per heavy atom. The molecule has 1 unspecified atom stereocenters. The first-order valence-electron chi connectivity index (χ1n) is 6.51. The highest BCUT2D eigenvalue weighted by Crippen LogP contribution is 2.10. The molecular weight excluding hydrogens is 236 g/mol. The monoisotopic (exact) mass is 256 g/mol. The molecule has 1 amide bonds. The third-order valence-electron chi connectivity index (χ3n) is 3.56. The van der Waals surface area contributed by atoms with E-state index in [-0.39, 0.29) is 19.1 Å². The number of aliphatic carboxylic acids is 1. The van der Waals surface area contributed by atoms with Gasteiger partial charge >= 0.3 is 5.97 Å². The highest BCUT2D eigenvalue weighted by atomic mass is 16.5. The Morgan fingerprint density at radius 1 is 1.28 bits per heavy atom. The topological polar surface area (TPSA) is 70.1 Å². The van der Waals surface area contributed by atoms with E-state index >= 15 is 0 Å². The lowest BCUT2D eigenvalue weighted by Crippen LogP contribution is -2.51. The number of morpholine rings is 1. The molecule has 6 heteroatoms. The summed E-state index contributed by atoms with van der Waals surface area (Å²) in [5.74, 6) is -1.10. The van der Waals surface area contributed by atoms with Crippen molar-refractivity contribution in [3.8, 4) is 0 Å². The molecular formula is C12H20N2O4. The number of hydrogen-bond acceptors (Lipinski definition) is 4. The van der Waals surface area contributed by atoms with Crippen LogP contribution in [0.3, 0.4) is 0 Å². The van der Waals surface area contributed by atoms with E-state index in [1.54, 1.807) is 4.90 Å². The highest BCUT2D eigenvalue weighted by molar-refractivity contribution is 5.81. The molecule has 1 atom stereocenters. The van der Waals surface area contributed by atoms with E-state index in [9.17, 15) is 9.59 Å². The smallest absolute Gasteiger partial charge is 0.334 e. The molecule has 1 N–H and O–H groups in total. The van der Waals surface area contributed by atoms with Gasteiger partial charge < -0.3 is 19.6 Å². The molecule has 0 bridgehead atoms. The van der Waals surface area contributed by atoms with Crippen LogP contribution in [0.5, 0.6) is 0 Å². The van der Waals surface area contributed by atoms with Crippen LogP contribution in [0.2, 0.25) is 0 Å². The summed E-state index contributed by atoms with van der Waals surface area (Å²) >= 11 is 0. The van der Waals surface area contributed by atoms with E-state index in [0.29, 0.717) is 6.54 Å². The number of ether oxygens (including phenoxy) is 1. The van der Waals surface area contributed by atoms with Crippen LogP contribution >= 0.6 is 0 Å². The lowest BCUT2D eigenvalue weighted by molar-refractivity contribution is -0.164. The summed E-state index contributed by atoms with van der Waals surface area (Å²) in [6.07, 6.45) is 2.85. The number of amides is 1. The Morgan fingerprint density at radius 3 is 2.67 bits per heavy atom. The van der Waals surface area contributed by atoms with Crippen molar-refractivity contribution in [1.29, 1.82) is 0 Å². The molecule has 2 aliphatic rings. The number of rotatable bonds is 4. The van der Waals surface area contributed by atoms with Crippen LogP contribution in [-0.4, -0.2) is 72.2 Å². The third-order valence-corrected chi connectivity index (χ3v) is 3.56. The van der Waals surface area contributed by atoms with Crippen LogP contribution in [0.25, 0.3) is 0 Å². The standard InChI is InChI=1S/C12H20N2O4/c15-11-9-18-10(12(16)17)8-14(11)7-6-13-4-2-1-3-5-13/h10H,1-9H2,(H,16,17). The van der Waals surface area contributed by atoms with E-state index < -0.39 is 12.1 Å². The molecule has 0 saturated carbocycles. The highest BCUT2D eigenvalue weighted by Gasteiger charge is 2.30. The molecule has 2 fully saturated rings. The first-order chi connectivity index (χ1) is 8.66. The zero-order chi connectivity index (χ0) is 13.0. The van der Waals surface area contributed by atoms with Gasteiger partial charge in [-0.1, -0.05) is 6.42 Å². The molecule has 2 heterocycles. The first-order valence-corrected chi connectivity index (χ1v) is 6.51. The summed E-state index contributed by atoms with van der Waals surface area (Å²) in [5.41, 5.74) is 0. The summed E-state index contributed by atoms with van der Waals surface area (Å²) < 4.78 is 4.97. The average molecular weight is 256 g/mol. The summed E-state index contributed by atoms with van der Waals surface area (Å²) in [5, 5.41) is 8.89. The van der Waals surface area contributed by atoms with Crippen molar-refractivity contribution in [3.63, 3.8) is 0 Å². The largest absolute Gasteiger partial charge is 0.479 e. The van der Waals surface area contributed by atoms with Gasteiger partial charge in [-0.2, -0.15) is 0 Å². The fourth-order valence-corrected chi connectivity index (χ4v) is 2.43. The fourth-order valence-electron chi connectivity index (χ4n) is 2.43. The molecule has 2 aliphatic heterocycles. The Hall–Kier alpha value is -1.14. The van der Waals surface area contributed by atoms with Gasteiger partial charge in [0.15, 0.2) is 6.10 Å². The van der Waals surface area contributed by atoms with Crippen molar-refractivity contribution < 1.29 is 19.4 Å². The predicted molar refractivity (Wildman–Crippen MR) is 64.2 cm³/mol. The summed E-state index contributed by atoms with van der Waals surface area (Å²) in [6.45, 7) is 3.66. The second-order valence-corrected chi connectivity index (χ2v) is 4.88. The van der Waals surface area contributed by atoms with Gasteiger partial charge in [-0.3, -0.25) is 4.79 Å². The predicted octanol–water partition coefficient (Wildman–Crippen LogP) is -0.216. The fraction of sp³-hybridized carbons (Fsp3) is 0.833.